The smallest absolute Gasteiger partial charge is 0.0597 e. The first kappa shape index (κ1) is 10.9. The van der Waals surface area contributed by atoms with E-state index in [4.69, 9.17) is 5.11 Å². The van der Waals surface area contributed by atoms with Gasteiger partial charge in [0.25, 0.3) is 0 Å². The van der Waals surface area contributed by atoms with Crippen molar-refractivity contribution in [1.82, 2.24) is 10.2 Å². The van der Waals surface area contributed by atoms with Gasteiger partial charge in [0.15, 0.2) is 0 Å². The Kier molecular flexibility index (Phi) is 6.51. The summed E-state index contributed by atoms with van der Waals surface area (Å²) in [6.07, 6.45) is 1.17. The van der Waals surface area contributed by atoms with E-state index in [9.17, 15) is 0 Å². The topological polar surface area (TPSA) is 35.5 Å². The Hall–Kier alpha value is -0.120. The Morgan fingerprint density at radius 3 is 2.55 bits per heavy atom. The minimum absolute atomic E-state index is 0.213. The zero-order valence-corrected chi connectivity index (χ0v) is 7.80. The van der Waals surface area contributed by atoms with Crippen LogP contribution in [0, 0.1) is 0 Å². The molecule has 0 amide bonds. The lowest BCUT2D eigenvalue weighted by atomic mass is 10.3. The molecule has 0 rings (SSSR count). The van der Waals surface area contributed by atoms with Gasteiger partial charge in [-0.05, 0) is 27.1 Å². The van der Waals surface area contributed by atoms with Gasteiger partial charge in [0.1, 0.15) is 0 Å². The molecule has 0 aromatic rings. The van der Waals surface area contributed by atoms with Crippen LogP contribution in [0.4, 0.5) is 0 Å². The van der Waals surface area contributed by atoms with Gasteiger partial charge in [-0.1, -0.05) is 6.92 Å². The van der Waals surface area contributed by atoms with Crippen LogP contribution in [0.2, 0.25) is 0 Å². The van der Waals surface area contributed by atoms with Crippen LogP contribution in [0.5, 0.6) is 0 Å². The van der Waals surface area contributed by atoms with Crippen molar-refractivity contribution in [1.29, 1.82) is 0 Å². The van der Waals surface area contributed by atoms with E-state index in [-0.39, 0.29) is 12.6 Å². The zero-order valence-electron chi connectivity index (χ0n) is 7.80. The van der Waals surface area contributed by atoms with Gasteiger partial charge in [0, 0.05) is 12.6 Å². The fraction of sp³-hybridized carbons (Fsp3) is 1.00. The Balaban J connectivity index is 3.44. The summed E-state index contributed by atoms with van der Waals surface area (Å²) in [7, 11) is 3.95. The SMILES string of the molecule is CCCN(C)CC(CO)NC. The molecule has 3 nitrogen and oxygen atoms in total. The molecule has 3 heteroatoms. The lowest BCUT2D eigenvalue weighted by Crippen LogP contribution is -2.40. The number of rotatable bonds is 6. The third-order valence-electron chi connectivity index (χ3n) is 1.77. The van der Waals surface area contributed by atoms with Crippen LogP contribution in [0.15, 0.2) is 0 Å². The molecule has 1 unspecified atom stereocenters. The Labute approximate surface area is 69.4 Å². The normalized spacial score (nSPS) is 13.9. The molecule has 0 aliphatic carbocycles. The maximum Gasteiger partial charge on any atom is 0.0597 e. The van der Waals surface area contributed by atoms with Crippen LogP contribution in [-0.4, -0.2) is 49.8 Å². The maximum absolute atomic E-state index is 8.85. The molecule has 0 aliphatic heterocycles. The van der Waals surface area contributed by atoms with Crippen LogP contribution < -0.4 is 5.32 Å². The van der Waals surface area contributed by atoms with E-state index < -0.39 is 0 Å². The van der Waals surface area contributed by atoms with Crippen molar-refractivity contribution in [2.45, 2.75) is 19.4 Å². The average Bonchev–Trinajstić information content (AvgIpc) is 2.01. The van der Waals surface area contributed by atoms with E-state index in [0.29, 0.717) is 0 Å². The number of hydrogen-bond acceptors (Lipinski definition) is 3. The number of likely N-dealkylation sites (N-methyl/N-ethyl adjacent to an activating group) is 2. The van der Waals surface area contributed by atoms with Crippen molar-refractivity contribution in [3.8, 4) is 0 Å². The molecule has 68 valence electrons. The molecule has 0 saturated heterocycles. The standard InChI is InChI=1S/C8H20N2O/c1-4-5-10(3)6-8(7-11)9-2/h8-9,11H,4-7H2,1-3H3. The molecule has 0 spiro atoms. The monoisotopic (exact) mass is 160 g/mol. The number of aliphatic hydroxyl groups is 1. The quantitative estimate of drug-likeness (QED) is 0.570. The van der Waals surface area contributed by atoms with Crippen LogP contribution in [-0.2, 0) is 0 Å². The summed E-state index contributed by atoms with van der Waals surface area (Å²) < 4.78 is 0. The summed E-state index contributed by atoms with van der Waals surface area (Å²) in [5, 5.41) is 11.9. The third-order valence-corrected chi connectivity index (χ3v) is 1.77. The van der Waals surface area contributed by atoms with Crippen molar-refractivity contribution in [2.75, 3.05) is 33.8 Å². The lowest BCUT2D eigenvalue weighted by molar-refractivity contribution is 0.204. The summed E-state index contributed by atoms with van der Waals surface area (Å²) in [5.74, 6) is 0. The number of nitrogens with one attached hydrogen (secondary N) is 1. The van der Waals surface area contributed by atoms with E-state index >= 15 is 0 Å². The largest absolute Gasteiger partial charge is 0.395 e. The minimum atomic E-state index is 0.213. The van der Waals surface area contributed by atoms with Crippen LogP contribution in [0.3, 0.4) is 0 Å². The van der Waals surface area contributed by atoms with Gasteiger partial charge < -0.3 is 15.3 Å². The third kappa shape index (κ3) is 5.18. The second-order valence-corrected chi connectivity index (χ2v) is 2.93. The first-order valence-corrected chi connectivity index (χ1v) is 4.21. The van der Waals surface area contributed by atoms with E-state index in [2.05, 4.69) is 24.2 Å². The summed E-state index contributed by atoms with van der Waals surface area (Å²) in [5.41, 5.74) is 0. The summed E-state index contributed by atoms with van der Waals surface area (Å²) in [6, 6.07) is 0.214. The van der Waals surface area contributed by atoms with Gasteiger partial charge in [-0.25, -0.2) is 0 Å². The molecule has 0 heterocycles. The molecule has 2 N–H and O–H groups in total. The molecule has 0 bridgehead atoms. The number of hydrogen-bond donors (Lipinski definition) is 2. The molecule has 0 fully saturated rings. The van der Waals surface area contributed by atoms with E-state index in [1.54, 1.807) is 0 Å². The lowest BCUT2D eigenvalue weighted by Gasteiger charge is -2.21. The highest BCUT2D eigenvalue weighted by Gasteiger charge is 2.06. The second kappa shape index (κ2) is 6.58. The van der Waals surface area contributed by atoms with Gasteiger partial charge in [-0.3, -0.25) is 0 Å². The van der Waals surface area contributed by atoms with Gasteiger partial charge in [-0.15, -0.1) is 0 Å². The van der Waals surface area contributed by atoms with E-state index in [1.807, 2.05) is 7.05 Å². The predicted octanol–water partition coefficient (Wildman–Crippen LogP) is -0.0915. The van der Waals surface area contributed by atoms with Crippen molar-refractivity contribution in [2.24, 2.45) is 0 Å². The maximum atomic E-state index is 8.85. The highest BCUT2D eigenvalue weighted by molar-refractivity contribution is 4.66. The molecule has 1 atom stereocenters. The molecule has 0 saturated carbocycles. The highest BCUT2D eigenvalue weighted by Crippen LogP contribution is 1.89. The Morgan fingerprint density at radius 1 is 1.55 bits per heavy atom. The zero-order chi connectivity index (χ0) is 8.69. The molecule has 0 radical (unpaired) electrons. The second-order valence-electron chi connectivity index (χ2n) is 2.93. The molecule has 0 aromatic carbocycles. The molecule has 0 aromatic heterocycles. The Morgan fingerprint density at radius 2 is 2.18 bits per heavy atom. The van der Waals surface area contributed by atoms with Crippen LogP contribution in [0.25, 0.3) is 0 Å². The van der Waals surface area contributed by atoms with E-state index in [1.165, 1.54) is 6.42 Å². The minimum Gasteiger partial charge on any atom is -0.395 e. The highest BCUT2D eigenvalue weighted by atomic mass is 16.3. The van der Waals surface area contributed by atoms with Gasteiger partial charge in [0.05, 0.1) is 6.61 Å². The number of nitrogens with zero attached hydrogens (tertiary/aromatic N) is 1. The molecule has 11 heavy (non-hydrogen) atoms. The van der Waals surface area contributed by atoms with E-state index in [0.717, 1.165) is 13.1 Å². The van der Waals surface area contributed by atoms with Gasteiger partial charge >= 0.3 is 0 Å². The number of aliphatic hydroxyl groups excluding tert-OH is 1. The summed E-state index contributed by atoms with van der Waals surface area (Å²) in [4.78, 5) is 2.22. The molecule has 0 aliphatic rings. The van der Waals surface area contributed by atoms with Crippen LogP contribution >= 0.6 is 0 Å². The van der Waals surface area contributed by atoms with Crippen LogP contribution in [0.1, 0.15) is 13.3 Å². The van der Waals surface area contributed by atoms with Crippen molar-refractivity contribution >= 4 is 0 Å². The molecular formula is C8H20N2O. The summed E-state index contributed by atoms with van der Waals surface area (Å²) in [6.45, 7) is 4.38. The fourth-order valence-electron chi connectivity index (χ4n) is 1.09. The summed E-state index contributed by atoms with van der Waals surface area (Å²) >= 11 is 0. The average molecular weight is 160 g/mol. The van der Waals surface area contributed by atoms with Crippen molar-refractivity contribution in [3.63, 3.8) is 0 Å². The van der Waals surface area contributed by atoms with Gasteiger partial charge in [-0.2, -0.15) is 0 Å². The molecular weight excluding hydrogens is 140 g/mol. The predicted molar refractivity (Wildman–Crippen MR) is 47.7 cm³/mol. The first-order chi connectivity index (χ1) is 5.24. The fourth-order valence-corrected chi connectivity index (χ4v) is 1.09. The first-order valence-electron chi connectivity index (χ1n) is 4.21. The van der Waals surface area contributed by atoms with Gasteiger partial charge in [0.2, 0.25) is 0 Å². The Bertz CT molecular complexity index is 84.2. The van der Waals surface area contributed by atoms with Crippen molar-refractivity contribution in [3.05, 3.63) is 0 Å². The van der Waals surface area contributed by atoms with Crippen molar-refractivity contribution < 1.29 is 5.11 Å².